The van der Waals surface area contributed by atoms with Crippen LogP contribution < -0.4 is 0 Å². The van der Waals surface area contributed by atoms with Gasteiger partial charge in [0.15, 0.2) is 0 Å². The van der Waals surface area contributed by atoms with Crippen LogP contribution in [0.25, 0.3) is 0 Å². The molecule has 114 valence electrons. The van der Waals surface area contributed by atoms with E-state index in [0.717, 1.165) is 31.6 Å². The van der Waals surface area contributed by atoms with Crippen molar-refractivity contribution in [1.29, 1.82) is 0 Å². The van der Waals surface area contributed by atoms with Gasteiger partial charge in [-0.15, -0.1) is 0 Å². The highest BCUT2D eigenvalue weighted by atomic mass is 16.6. The highest BCUT2D eigenvalue weighted by molar-refractivity contribution is 5.87. The van der Waals surface area contributed by atoms with Gasteiger partial charge in [-0.1, -0.05) is 26.3 Å². The summed E-state index contributed by atoms with van der Waals surface area (Å²) in [7, 11) is 0. The van der Waals surface area contributed by atoms with Gasteiger partial charge in [-0.3, -0.25) is 4.79 Å². The molecule has 0 amide bonds. The molecule has 0 aromatic rings. The molecule has 1 aliphatic carbocycles. The molecular formula is C16H26O4. The fourth-order valence-electron chi connectivity index (χ4n) is 2.54. The SMILES string of the molecule is C=C(C)C(=O)OCCC(=O)OC1CCC(CCC)CC1. The number of esters is 2. The molecule has 0 aliphatic heterocycles. The predicted molar refractivity (Wildman–Crippen MR) is 77.1 cm³/mol. The minimum absolute atomic E-state index is 0.0486. The molecule has 0 unspecified atom stereocenters. The molecule has 0 bridgehead atoms. The van der Waals surface area contributed by atoms with E-state index >= 15 is 0 Å². The van der Waals surface area contributed by atoms with E-state index in [1.807, 2.05) is 0 Å². The molecule has 1 rings (SSSR count). The highest BCUT2D eigenvalue weighted by Gasteiger charge is 2.23. The number of carbonyl (C=O) groups is 2. The standard InChI is InChI=1S/C16H26O4/c1-4-5-13-6-8-14(9-7-13)20-15(17)10-11-19-16(18)12(2)3/h13-14H,2,4-11H2,1,3H3. The van der Waals surface area contributed by atoms with Gasteiger partial charge < -0.3 is 9.47 Å². The van der Waals surface area contributed by atoms with Gasteiger partial charge in [0.05, 0.1) is 6.42 Å². The molecule has 0 radical (unpaired) electrons. The van der Waals surface area contributed by atoms with Crippen molar-refractivity contribution in [3.05, 3.63) is 12.2 Å². The van der Waals surface area contributed by atoms with Crippen LogP contribution in [0, 0.1) is 5.92 Å². The van der Waals surface area contributed by atoms with Crippen LogP contribution in [0.4, 0.5) is 0 Å². The van der Waals surface area contributed by atoms with E-state index in [0.29, 0.717) is 5.57 Å². The fourth-order valence-corrected chi connectivity index (χ4v) is 2.54. The second-order valence-electron chi connectivity index (χ2n) is 5.59. The number of carbonyl (C=O) groups excluding carboxylic acids is 2. The quantitative estimate of drug-likeness (QED) is 0.530. The van der Waals surface area contributed by atoms with E-state index in [-0.39, 0.29) is 25.1 Å². The third-order valence-corrected chi connectivity index (χ3v) is 3.68. The van der Waals surface area contributed by atoms with Crippen molar-refractivity contribution in [3.63, 3.8) is 0 Å². The first-order valence-corrected chi connectivity index (χ1v) is 7.55. The monoisotopic (exact) mass is 282 g/mol. The molecule has 0 aromatic carbocycles. The lowest BCUT2D eigenvalue weighted by molar-refractivity contribution is -0.153. The first-order valence-electron chi connectivity index (χ1n) is 7.55. The third kappa shape index (κ3) is 6.22. The molecular weight excluding hydrogens is 256 g/mol. The van der Waals surface area contributed by atoms with Gasteiger partial charge in [-0.05, 0) is 38.5 Å². The zero-order valence-electron chi connectivity index (χ0n) is 12.7. The molecule has 0 heterocycles. The molecule has 0 N–H and O–H groups in total. The molecule has 0 saturated heterocycles. The highest BCUT2D eigenvalue weighted by Crippen LogP contribution is 2.29. The Morgan fingerprint density at radius 1 is 1.20 bits per heavy atom. The lowest BCUT2D eigenvalue weighted by atomic mass is 9.85. The average molecular weight is 282 g/mol. The van der Waals surface area contributed by atoms with Crippen molar-refractivity contribution >= 4 is 11.9 Å². The molecule has 4 heteroatoms. The van der Waals surface area contributed by atoms with Crippen molar-refractivity contribution in [1.82, 2.24) is 0 Å². The molecule has 4 nitrogen and oxygen atoms in total. The molecule has 0 atom stereocenters. The van der Waals surface area contributed by atoms with Crippen LogP contribution in [-0.4, -0.2) is 24.6 Å². The summed E-state index contributed by atoms with van der Waals surface area (Å²) in [4.78, 5) is 22.8. The van der Waals surface area contributed by atoms with E-state index < -0.39 is 5.97 Å². The van der Waals surface area contributed by atoms with Gasteiger partial charge in [0, 0.05) is 5.57 Å². The summed E-state index contributed by atoms with van der Waals surface area (Å²) < 4.78 is 10.3. The summed E-state index contributed by atoms with van der Waals surface area (Å²) in [6.07, 6.45) is 6.89. The smallest absolute Gasteiger partial charge is 0.333 e. The van der Waals surface area contributed by atoms with Gasteiger partial charge in [-0.2, -0.15) is 0 Å². The molecule has 20 heavy (non-hydrogen) atoms. The zero-order chi connectivity index (χ0) is 15.0. The lowest BCUT2D eigenvalue weighted by Gasteiger charge is -2.28. The van der Waals surface area contributed by atoms with Crippen molar-refractivity contribution in [2.75, 3.05) is 6.61 Å². The zero-order valence-corrected chi connectivity index (χ0v) is 12.7. The maximum Gasteiger partial charge on any atom is 0.333 e. The molecule has 1 fully saturated rings. The largest absolute Gasteiger partial charge is 0.462 e. The maximum atomic E-state index is 11.6. The van der Waals surface area contributed by atoms with Crippen LogP contribution in [0.3, 0.4) is 0 Å². The van der Waals surface area contributed by atoms with Gasteiger partial charge in [0.25, 0.3) is 0 Å². The number of hydrogen-bond donors (Lipinski definition) is 0. The summed E-state index contributed by atoms with van der Waals surface area (Å²) in [5.41, 5.74) is 0.340. The van der Waals surface area contributed by atoms with E-state index in [1.54, 1.807) is 6.92 Å². The summed E-state index contributed by atoms with van der Waals surface area (Å²) in [6.45, 7) is 7.33. The average Bonchev–Trinajstić information content (AvgIpc) is 2.41. The van der Waals surface area contributed by atoms with Crippen LogP contribution in [-0.2, 0) is 19.1 Å². The van der Waals surface area contributed by atoms with E-state index in [1.165, 1.54) is 12.8 Å². The Bertz CT molecular complexity index is 340. The van der Waals surface area contributed by atoms with Gasteiger partial charge >= 0.3 is 11.9 Å². The Morgan fingerprint density at radius 2 is 1.85 bits per heavy atom. The van der Waals surface area contributed by atoms with Crippen molar-refractivity contribution in [3.8, 4) is 0 Å². The molecule has 0 spiro atoms. The third-order valence-electron chi connectivity index (χ3n) is 3.68. The molecule has 0 aromatic heterocycles. The van der Waals surface area contributed by atoms with Crippen LogP contribution in [0.5, 0.6) is 0 Å². The minimum atomic E-state index is -0.460. The van der Waals surface area contributed by atoms with E-state index in [2.05, 4.69) is 13.5 Å². The summed E-state index contributed by atoms with van der Waals surface area (Å²) in [6, 6.07) is 0. The predicted octanol–water partition coefficient (Wildman–Crippen LogP) is 3.40. The second-order valence-corrected chi connectivity index (χ2v) is 5.59. The topological polar surface area (TPSA) is 52.6 Å². The lowest BCUT2D eigenvalue weighted by Crippen LogP contribution is -2.25. The van der Waals surface area contributed by atoms with Crippen LogP contribution in [0.1, 0.15) is 58.8 Å². The second kappa shape index (κ2) is 8.77. The maximum absolute atomic E-state index is 11.6. The molecule has 1 aliphatic rings. The van der Waals surface area contributed by atoms with Gasteiger partial charge in [-0.25, -0.2) is 4.79 Å². The number of ether oxygens (including phenoxy) is 2. The Kier molecular flexibility index (Phi) is 7.34. The normalized spacial score (nSPS) is 22.1. The van der Waals surface area contributed by atoms with Gasteiger partial charge in [0.1, 0.15) is 12.7 Å². The Hall–Kier alpha value is -1.32. The Balaban J connectivity index is 2.14. The van der Waals surface area contributed by atoms with Crippen molar-refractivity contribution < 1.29 is 19.1 Å². The first-order chi connectivity index (χ1) is 9.52. The minimum Gasteiger partial charge on any atom is -0.462 e. The summed E-state index contributed by atoms with van der Waals surface area (Å²) in [5.74, 6) is 0.0582. The summed E-state index contributed by atoms with van der Waals surface area (Å²) in [5, 5.41) is 0. The van der Waals surface area contributed by atoms with Crippen LogP contribution in [0.15, 0.2) is 12.2 Å². The van der Waals surface area contributed by atoms with Crippen molar-refractivity contribution in [2.45, 2.75) is 64.9 Å². The van der Waals surface area contributed by atoms with E-state index in [4.69, 9.17) is 9.47 Å². The molecule has 1 saturated carbocycles. The fraction of sp³-hybridized carbons (Fsp3) is 0.750. The Morgan fingerprint density at radius 3 is 2.40 bits per heavy atom. The van der Waals surface area contributed by atoms with Crippen LogP contribution in [0.2, 0.25) is 0 Å². The summed E-state index contributed by atoms with van der Waals surface area (Å²) >= 11 is 0. The number of hydrogen-bond acceptors (Lipinski definition) is 4. The first kappa shape index (κ1) is 16.7. The van der Waals surface area contributed by atoms with Gasteiger partial charge in [0.2, 0.25) is 0 Å². The van der Waals surface area contributed by atoms with Crippen molar-refractivity contribution in [2.24, 2.45) is 5.92 Å². The Labute approximate surface area is 121 Å². The van der Waals surface area contributed by atoms with E-state index in [9.17, 15) is 9.59 Å². The van der Waals surface area contributed by atoms with Crippen LogP contribution >= 0.6 is 0 Å². The number of rotatable bonds is 7.